The van der Waals surface area contributed by atoms with Crippen LogP contribution in [0, 0.1) is 4.91 Å². The highest BCUT2D eigenvalue weighted by Crippen LogP contribution is 2.15. The Morgan fingerprint density at radius 3 is 2.80 bits per heavy atom. The van der Waals surface area contributed by atoms with E-state index in [4.69, 9.17) is 0 Å². The summed E-state index contributed by atoms with van der Waals surface area (Å²) >= 11 is 0. The topological polar surface area (TPSA) is 45.0 Å². The predicted octanol–water partition coefficient (Wildman–Crippen LogP) is 1.22. The van der Waals surface area contributed by atoms with E-state index in [1.54, 1.807) is 18.2 Å². The van der Waals surface area contributed by atoms with Crippen molar-refractivity contribution in [1.82, 2.24) is 4.68 Å². The smallest absolute Gasteiger partial charge is 0.263 e. The van der Waals surface area contributed by atoms with Crippen molar-refractivity contribution in [1.29, 1.82) is 0 Å². The predicted molar refractivity (Wildman–Crippen MR) is 55.0 cm³/mol. The Kier molecular flexibility index (Phi) is 1.42. The van der Waals surface area contributed by atoms with Gasteiger partial charge in [-0.15, -0.1) is 0 Å². The molecule has 0 amide bonds. The Morgan fingerprint density at radius 2 is 1.93 bits per heavy atom. The Hall–Kier alpha value is -2.23. The lowest BCUT2D eigenvalue weighted by molar-refractivity contribution is -0.555. The van der Waals surface area contributed by atoms with Crippen LogP contribution in [0.2, 0.25) is 0 Å². The summed E-state index contributed by atoms with van der Waals surface area (Å²) in [5.41, 5.74) is 1.12. The highest BCUT2D eigenvalue weighted by molar-refractivity contribution is 5.98. The number of hydrogen-bond donors (Lipinski definition) is 0. The molecule has 0 atom stereocenters. The first-order chi connectivity index (χ1) is 7.27. The van der Waals surface area contributed by atoms with Crippen LogP contribution in [0.1, 0.15) is 10.5 Å². The van der Waals surface area contributed by atoms with Crippen molar-refractivity contribution in [3.8, 4) is 0 Å². The third-order valence-corrected chi connectivity index (χ3v) is 2.48. The van der Waals surface area contributed by atoms with Crippen molar-refractivity contribution >= 4 is 22.9 Å². The van der Waals surface area contributed by atoms with E-state index in [1.807, 2.05) is 18.2 Å². The van der Waals surface area contributed by atoms with Gasteiger partial charge in [-0.2, -0.15) is 0 Å². The lowest BCUT2D eigenvalue weighted by atomic mass is 10.2. The van der Waals surface area contributed by atoms with Gasteiger partial charge in [0.1, 0.15) is 5.69 Å². The van der Waals surface area contributed by atoms with Gasteiger partial charge in [0.25, 0.3) is 5.52 Å². The molecule has 0 bridgehead atoms. The summed E-state index contributed by atoms with van der Waals surface area (Å²) in [5.74, 6) is -0.300. The number of carbonyl (C=O) groups excluding carboxylic acids is 1. The van der Waals surface area contributed by atoms with Gasteiger partial charge in [-0.25, -0.2) is 0 Å². The minimum absolute atomic E-state index is 0.300. The molecule has 72 valence electrons. The highest BCUT2D eigenvalue weighted by Gasteiger charge is 2.23. The van der Waals surface area contributed by atoms with Gasteiger partial charge in [0, 0.05) is 12.1 Å². The number of nitrogens with zero attached hydrogens (tertiary/aromatic N) is 2. The summed E-state index contributed by atoms with van der Waals surface area (Å²) in [5, 5.41) is 0.832. The monoisotopic (exact) mass is 199 g/mol. The second-order valence-corrected chi connectivity index (χ2v) is 3.38. The van der Waals surface area contributed by atoms with Gasteiger partial charge in [0.05, 0.1) is 10.3 Å². The molecule has 15 heavy (non-hydrogen) atoms. The van der Waals surface area contributed by atoms with E-state index in [-0.39, 0.29) is 5.91 Å². The van der Waals surface area contributed by atoms with E-state index in [0.29, 0.717) is 15.8 Å². The van der Waals surface area contributed by atoms with Crippen LogP contribution >= 0.6 is 0 Å². The van der Waals surface area contributed by atoms with Gasteiger partial charge >= 0.3 is 5.91 Å². The SMILES string of the molecule is O=C1C=Cc2cc3ccccc3[n+](=O)n21. The molecular formula is C11H7N2O2+. The zero-order valence-electron chi connectivity index (χ0n) is 7.75. The van der Waals surface area contributed by atoms with E-state index in [2.05, 4.69) is 0 Å². The number of fused-ring (bicyclic) bond motifs is 2. The van der Waals surface area contributed by atoms with Crippen molar-refractivity contribution in [2.75, 3.05) is 0 Å². The molecule has 0 aliphatic carbocycles. The molecule has 0 saturated carbocycles. The van der Waals surface area contributed by atoms with Crippen molar-refractivity contribution in [3.05, 3.63) is 47.0 Å². The van der Waals surface area contributed by atoms with E-state index in [1.165, 1.54) is 6.08 Å². The molecule has 0 fully saturated rings. The molecule has 1 aromatic heterocycles. The summed E-state index contributed by atoms with van der Waals surface area (Å²) in [6, 6.07) is 9.00. The Bertz CT molecular complexity index is 668. The standard InChI is InChI=1S/C11H7N2O2/c14-11-6-5-9-7-8-3-1-2-4-10(8)13(15)12(9)11/h1-7H/q+1. The maximum atomic E-state index is 11.8. The van der Waals surface area contributed by atoms with Crippen molar-refractivity contribution in [2.45, 2.75) is 0 Å². The number of aromatic nitrogens is 2. The first-order valence-electron chi connectivity index (χ1n) is 4.57. The van der Waals surface area contributed by atoms with E-state index in [9.17, 15) is 9.70 Å². The molecule has 0 unspecified atom stereocenters. The highest BCUT2D eigenvalue weighted by atomic mass is 16.3. The molecule has 0 saturated heterocycles. The van der Waals surface area contributed by atoms with Gasteiger partial charge in [-0.05, 0) is 22.9 Å². The maximum absolute atomic E-state index is 11.8. The largest absolute Gasteiger partial charge is 0.311 e. The van der Waals surface area contributed by atoms with Gasteiger partial charge in [0.15, 0.2) is 4.54 Å². The quantitative estimate of drug-likeness (QED) is 0.599. The number of benzene rings is 1. The van der Waals surface area contributed by atoms with Gasteiger partial charge in [-0.1, -0.05) is 12.1 Å². The molecule has 1 aliphatic rings. The fraction of sp³-hybridized carbons (Fsp3) is 0. The molecule has 2 aromatic rings. The minimum atomic E-state index is -0.300. The number of carbonyl (C=O) groups is 1. The second-order valence-electron chi connectivity index (χ2n) is 3.38. The van der Waals surface area contributed by atoms with Gasteiger partial charge in [-0.3, -0.25) is 4.79 Å². The van der Waals surface area contributed by atoms with E-state index >= 15 is 0 Å². The van der Waals surface area contributed by atoms with Crippen LogP contribution in [0.5, 0.6) is 0 Å². The molecular weight excluding hydrogens is 192 g/mol. The van der Waals surface area contributed by atoms with Gasteiger partial charge in [0.2, 0.25) is 0 Å². The van der Waals surface area contributed by atoms with Crippen molar-refractivity contribution in [3.63, 3.8) is 0 Å². The Balaban J connectivity index is 2.56. The molecule has 4 nitrogen and oxygen atoms in total. The zero-order valence-corrected chi connectivity index (χ0v) is 7.75. The van der Waals surface area contributed by atoms with Crippen LogP contribution in [0.4, 0.5) is 0 Å². The van der Waals surface area contributed by atoms with Crippen molar-refractivity contribution in [2.24, 2.45) is 0 Å². The average Bonchev–Trinajstić information content (AvgIpc) is 2.61. The lowest BCUT2D eigenvalue weighted by Gasteiger charge is -1.94. The first-order valence-corrected chi connectivity index (χ1v) is 4.57. The van der Waals surface area contributed by atoms with Crippen LogP contribution < -0.4 is 4.54 Å². The van der Waals surface area contributed by atoms with E-state index < -0.39 is 0 Å². The minimum Gasteiger partial charge on any atom is -0.263 e. The first kappa shape index (κ1) is 8.11. The fourth-order valence-corrected chi connectivity index (χ4v) is 1.78. The number of allylic oxidation sites excluding steroid dienone is 1. The Morgan fingerprint density at radius 1 is 1.13 bits per heavy atom. The third kappa shape index (κ3) is 0.985. The fourth-order valence-electron chi connectivity index (χ4n) is 1.78. The summed E-state index contributed by atoms with van der Waals surface area (Å²) in [4.78, 5) is 23.2. The summed E-state index contributed by atoms with van der Waals surface area (Å²) in [6.45, 7) is 0. The summed E-state index contributed by atoms with van der Waals surface area (Å²) in [6.07, 6.45) is 3.03. The Labute approximate surface area is 84.6 Å². The average molecular weight is 199 g/mol. The zero-order chi connectivity index (χ0) is 10.4. The number of hydrogen-bond acceptors (Lipinski definition) is 2. The van der Waals surface area contributed by atoms with Crippen LogP contribution in [0.15, 0.2) is 36.4 Å². The van der Waals surface area contributed by atoms with Crippen LogP contribution in [0.3, 0.4) is 0 Å². The third-order valence-electron chi connectivity index (χ3n) is 2.48. The summed E-state index contributed by atoms with van der Waals surface area (Å²) < 4.78 is 1.75. The normalized spacial score (nSPS) is 13.5. The molecule has 0 radical (unpaired) electrons. The summed E-state index contributed by atoms with van der Waals surface area (Å²) in [7, 11) is 0. The molecule has 1 aromatic carbocycles. The van der Waals surface area contributed by atoms with Crippen LogP contribution in [-0.4, -0.2) is 10.6 Å². The molecule has 3 rings (SSSR count). The lowest BCUT2D eigenvalue weighted by Crippen LogP contribution is -2.35. The molecule has 1 aliphatic heterocycles. The second kappa shape index (κ2) is 2.63. The van der Waals surface area contributed by atoms with E-state index in [0.717, 1.165) is 10.1 Å². The molecule has 0 spiro atoms. The van der Waals surface area contributed by atoms with Crippen molar-refractivity contribution < 1.29 is 9.34 Å². The molecule has 2 heterocycles. The molecule has 0 N–H and O–H groups in total. The molecule has 4 heteroatoms. The van der Waals surface area contributed by atoms with Crippen LogP contribution in [0.25, 0.3) is 17.0 Å². The number of para-hydroxylation sites is 1. The maximum Gasteiger partial charge on any atom is 0.311 e. The van der Waals surface area contributed by atoms with Crippen LogP contribution in [-0.2, 0) is 0 Å². The number of rotatable bonds is 0. The van der Waals surface area contributed by atoms with Gasteiger partial charge < -0.3 is 0 Å².